The van der Waals surface area contributed by atoms with Crippen molar-refractivity contribution in [1.29, 1.82) is 0 Å². The molecule has 0 saturated carbocycles. The van der Waals surface area contributed by atoms with Gasteiger partial charge in [-0.2, -0.15) is 13.2 Å². The molecule has 0 radical (unpaired) electrons. The lowest BCUT2D eigenvalue weighted by Gasteiger charge is -2.37. The van der Waals surface area contributed by atoms with Gasteiger partial charge in [-0.1, -0.05) is 36.4 Å². The normalized spacial score (nSPS) is 22.8. The molecule has 2 atom stereocenters. The number of hydrogen-bond donors (Lipinski definition) is 1. The molecule has 4 aliphatic rings. The van der Waals surface area contributed by atoms with Gasteiger partial charge in [-0.15, -0.1) is 0 Å². The number of nitrogens with zero attached hydrogens (tertiary/aromatic N) is 4. The molecule has 2 fully saturated rings. The molecule has 0 spiro atoms. The molecule has 0 unspecified atom stereocenters. The maximum Gasteiger partial charge on any atom is 0.416 e. The van der Waals surface area contributed by atoms with E-state index in [4.69, 9.17) is 9.47 Å². The van der Waals surface area contributed by atoms with Gasteiger partial charge < -0.3 is 24.6 Å². The van der Waals surface area contributed by atoms with Crippen molar-refractivity contribution in [3.8, 4) is 5.88 Å². The van der Waals surface area contributed by atoms with Crippen LogP contribution in [-0.2, 0) is 22.3 Å². The topological polar surface area (TPSA) is 104 Å². The first kappa shape index (κ1) is 35.3. The second kappa shape index (κ2) is 15.5. The lowest BCUT2D eigenvalue weighted by Crippen LogP contribution is -2.49. The Morgan fingerprint density at radius 2 is 1.70 bits per heavy atom. The van der Waals surface area contributed by atoms with Crippen LogP contribution in [0.3, 0.4) is 0 Å². The van der Waals surface area contributed by atoms with Crippen molar-refractivity contribution >= 4 is 17.7 Å². The SMILES string of the molecule is O=C1N[C@H]2C[C@@H](C(=O)N3CCC(CC3)CN(C(=O)c3ccccc3F)CCOCCOc3cccc1n3)N(Cc1cccc(C(F)(F)F)c1)C2. The van der Waals surface area contributed by atoms with Crippen molar-refractivity contribution < 1.29 is 41.4 Å². The number of fused-ring (bicyclic) bond motifs is 10. The van der Waals surface area contributed by atoms with E-state index < -0.39 is 41.5 Å². The van der Waals surface area contributed by atoms with Gasteiger partial charge in [0.15, 0.2) is 0 Å². The number of alkyl halides is 3. The number of rotatable bonds is 3. The van der Waals surface area contributed by atoms with Crippen LogP contribution in [0.4, 0.5) is 17.6 Å². The highest BCUT2D eigenvalue weighted by Gasteiger charge is 2.41. The highest BCUT2D eigenvalue weighted by atomic mass is 19.4. The number of nitrogens with one attached hydrogen (secondary N) is 1. The van der Waals surface area contributed by atoms with Gasteiger partial charge in [0.05, 0.1) is 30.4 Å². The summed E-state index contributed by atoms with van der Waals surface area (Å²) < 4.78 is 66.5. The summed E-state index contributed by atoms with van der Waals surface area (Å²) in [6, 6.07) is 14.5. The van der Waals surface area contributed by atoms with Gasteiger partial charge in [-0.25, -0.2) is 9.37 Å². The van der Waals surface area contributed by atoms with Crippen LogP contribution < -0.4 is 10.1 Å². The van der Waals surface area contributed by atoms with Crippen LogP contribution in [0.1, 0.15) is 51.2 Å². The van der Waals surface area contributed by atoms with Crippen LogP contribution in [-0.4, -0.2) is 102 Å². The van der Waals surface area contributed by atoms with E-state index in [1.807, 2.05) is 4.90 Å². The fraction of sp³-hybridized carbons (Fsp3) is 0.444. The number of piperidine rings is 1. The number of amides is 3. The van der Waals surface area contributed by atoms with Gasteiger partial charge in [-0.3, -0.25) is 19.3 Å². The van der Waals surface area contributed by atoms with Crippen molar-refractivity contribution in [3.63, 3.8) is 0 Å². The molecule has 4 aliphatic heterocycles. The van der Waals surface area contributed by atoms with Crippen LogP contribution in [0.15, 0.2) is 66.7 Å². The van der Waals surface area contributed by atoms with E-state index in [0.717, 1.165) is 12.1 Å². The number of halogens is 4. The minimum atomic E-state index is -4.51. The van der Waals surface area contributed by atoms with Gasteiger partial charge in [0.2, 0.25) is 11.8 Å². The predicted molar refractivity (Wildman–Crippen MR) is 174 cm³/mol. The molecule has 50 heavy (non-hydrogen) atoms. The number of likely N-dealkylation sites (tertiary alicyclic amines) is 1. The summed E-state index contributed by atoms with van der Waals surface area (Å²) in [5, 5.41) is 2.96. The second-order valence-electron chi connectivity index (χ2n) is 12.9. The maximum absolute atomic E-state index is 14.6. The lowest BCUT2D eigenvalue weighted by atomic mass is 9.95. The zero-order chi connectivity index (χ0) is 35.3. The van der Waals surface area contributed by atoms with Gasteiger partial charge in [0, 0.05) is 51.4 Å². The van der Waals surface area contributed by atoms with Crippen molar-refractivity contribution in [2.45, 2.75) is 44.1 Å². The number of carbonyl (C=O) groups is 3. The molecule has 266 valence electrons. The lowest BCUT2D eigenvalue weighted by molar-refractivity contribution is -0.138. The molecular formula is C36H39F4N5O5. The Bertz CT molecular complexity index is 1680. The first-order valence-corrected chi connectivity index (χ1v) is 16.8. The molecule has 1 N–H and O–H groups in total. The Labute approximate surface area is 287 Å². The predicted octanol–water partition coefficient (Wildman–Crippen LogP) is 4.40. The van der Waals surface area contributed by atoms with Gasteiger partial charge in [-0.05, 0) is 55.0 Å². The van der Waals surface area contributed by atoms with Gasteiger partial charge in [0.25, 0.3) is 11.8 Å². The molecule has 3 amide bonds. The summed E-state index contributed by atoms with van der Waals surface area (Å²) in [6.45, 7) is 2.23. The smallest absolute Gasteiger partial charge is 0.416 e. The van der Waals surface area contributed by atoms with Crippen molar-refractivity contribution in [3.05, 3.63) is 94.9 Å². The Kier molecular flexibility index (Phi) is 11.0. The Balaban J connectivity index is 1.23. The highest BCUT2D eigenvalue weighted by Crippen LogP contribution is 2.31. The number of benzene rings is 2. The van der Waals surface area contributed by atoms with Crippen molar-refractivity contribution in [2.24, 2.45) is 5.92 Å². The van der Waals surface area contributed by atoms with Crippen LogP contribution in [0.5, 0.6) is 5.88 Å². The van der Waals surface area contributed by atoms with E-state index in [1.54, 1.807) is 34.1 Å². The molecule has 10 nitrogen and oxygen atoms in total. The average Bonchev–Trinajstić information content (AvgIpc) is 3.50. The number of carbonyl (C=O) groups excluding carboxylic acids is 3. The third-order valence-corrected chi connectivity index (χ3v) is 9.40. The monoisotopic (exact) mass is 697 g/mol. The molecule has 7 rings (SSSR count). The van der Waals surface area contributed by atoms with E-state index in [0.29, 0.717) is 38.0 Å². The fourth-order valence-electron chi connectivity index (χ4n) is 6.82. The number of aromatic nitrogens is 1. The molecule has 0 aliphatic carbocycles. The quantitative estimate of drug-likeness (QED) is 0.320. The van der Waals surface area contributed by atoms with E-state index in [1.165, 1.54) is 30.3 Å². The first-order chi connectivity index (χ1) is 24.0. The number of pyridine rings is 1. The van der Waals surface area contributed by atoms with Crippen molar-refractivity contribution in [1.82, 2.24) is 25.0 Å². The largest absolute Gasteiger partial charge is 0.475 e. The molecular weight excluding hydrogens is 658 g/mol. The van der Waals surface area contributed by atoms with Gasteiger partial charge in [0.1, 0.15) is 18.1 Å². The summed E-state index contributed by atoms with van der Waals surface area (Å²) >= 11 is 0. The van der Waals surface area contributed by atoms with E-state index in [9.17, 15) is 31.9 Å². The average molecular weight is 698 g/mol. The second-order valence-corrected chi connectivity index (χ2v) is 12.9. The summed E-state index contributed by atoms with van der Waals surface area (Å²) in [5.41, 5.74) is -0.289. The van der Waals surface area contributed by atoms with E-state index >= 15 is 0 Å². The molecule has 2 saturated heterocycles. The Morgan fingerprint density at radius 1 is 0.920 bits per heavy atom. The minimum Gasteiger partial charge on any atom is -0.475 e. The number of ether oxygens (including phenoxy) is 2. The van der Waals surface area contributed by atoms with Crippen LogP contribution in [0, 0.1) is 11.7 Å². The summed E-state index contributed by atoms with van der Waals surface area (Å²) in [6.07, 6.45) is -3.04. The molecule has 5 heterocycles. The summed E-state index contributed by atoms with van der Waals surface area (Å²) in [5.74, 6) is -1.43. The standard InChI is InChI=1S/C36H39F4N5O5/c37-29-8-2-1-7-28(29)34(47)44-15-16-49-17-18-50-32-10-4-9-30(42-32)33(46)41-27-20-31(35(48)43-13-11-24(21-44)12-14-43)45(23-27)22-25-5-3-6-26(19-25)36(38,39)40/h1-10,19,24,27,31H,11-18,20-23H2,(H,41,46)/t27-,31-/m0/s1. The number of hydrogen-bond acceptors (Lipinski definition) is 7. The van der Waals surface area contributed by atoms with Crippen LogP contribution in [0.25, 0.3) is 0 Å². The summed E-state index contributed by atoms with van der Waals surface area (Å²) in [7, 11) is 0. The first-order valence-electron chi connectivity index (χ1n) is 16.8. The summed E-state index contributed by atoms with van der Waals surface area (Å²) in [4.78, 5) is 50.3. The van der Waals surface area contributed by atoms with E-state index in [-0.39, 0.29) is 74.8 Å². The molecule has 2 aromatic carbocycles. The third kappa shape index (κ3) is 8.59. The van der Waals surface area contributed by atoms with E-state index in [2.05, 4.69) is 10.3 Å². The molecule has 6 bridgehead atoms. The molecule has 14 heteroatoms. The minimum absolute atomic E-state index is 0.0280. The zero-order valence-corrected chi connectivity index (χ0v) is 27.4. The van der Waals surface area contributed by atoms with Gasteiger partial charge >= 0.3 is 6.18 Å². The molecule has 3 aromatic rings. The van der Waals surface area contributed by atoms with Crippen LogP contribution >= 0.6 is 0 Å². The van der Waals surface area contributed by atoms with Crippen LogP contribution in [0.2, 0.25) is 0 Å². The fourth-order valence-corrected chi connectivity index (χ4v) is 6.82. The third-order valence-electron chi connectivity index (χ3n) is 9.40. The Morgan fingerprint density at radius 3 is 2.48 bits per heavy atom. The maximum atomic E-state index is 14.6. The Hall–Kier alpha value is -4.56. The zero-order valence-electron chi connectivity index (χ0n) is 27.4. The molecule has 1 aromatic heterocycles. The highest BCUT2D eigenvalue weighted by molar-refractivity contribution is 5.94. The van der Waals surface area contributed by atoms with Crippen molar-refractivity contribution in [2.75, 3.05) is 52.5 Å².